The summed E-state index contributed by atoms with van der Waals surface area (Å²) in [5, 5.41) is 14.9. The molecule has 0 aromatic heterocycles. The molecule has 0 radical (unpaired) electrons. The SMILES string of the molecule is CCC(O)(CC)CNC(=O)C(=O)Nc1ccccc1. The summed E-state index contributed by atoms with van der Waals surface area (Å²) < 4.78 is 0. The van der Waals surface area contributed by atoms with Crippen LogP contribution >= 0.6 is 0 Å². The fraction of sp³-hybridized carbons (Fsp3) is 0.429. The molecule has 0 spiro atoms. The maximum Gasteiger partial charge on any atom is 0.313 e. The quantitative estimate of drug-likeness (QED) is 0.701. The van der Waals surface area contributed by atoms with Gasteiger partial charge in [0.1, 0.15) is 0 Å². The second-order valence-corrected chi connectivity index (χ2v) is 4.43. The van der Waals surface area contributed by atoms with Crippen LogP contribution in [-0.2, 0) is 9.59 Å². The smallest absolute Gasteiger partial charge is 0.313 e. The van der Waals surface area contributed by atoms with Crippen molar-refractivity contribution in [2.24, 2.45) is 0 Å². The molecular formula is C14H20N2O3. The van der Waals surface area contributed by atoms with Crippen molar-refractivity contribution < 1.29 is 14.7 Å². The highest BCUT2D eigenvalue weighted by molar-refractivity contribution is 6.39. The third kappa shape index (κ3) is 4.71. The first-order valence-electron chi connectivity index (χ1n) is 6.37. The molecule has 0 aliphatic rings. The molecule has 1 rings (SSSR count). The number of amides is 2. The molecule has 0 fully saturated rings. The summed E-state index contributed by atoms with van der Waals surface area (Å²) in [6, 6.07) is 8.73. The minimum Gasteiger partial charge on any atom is -0.388 e. The predicted octanol–water partition coefficient (Wildman–Crippen LogP) is 1.29. The average Bonchev–Trinajstić information content (AvgIpc) is 2.45. The van der Waals surface area contributed by atoms with Crippen molar-refractivity contribution in [2.75, 3.05) is 11.9 Å². The zero-order chi connectivity index (χ0) is 14.3. The predicted molar refractivity (Wildman–Crippen MR) is 73.6 cm³/mol. The molecule has 0 unspecified atom stereocenters. The Morgan fingerprint density at radius 3 is 2.21 bits per heavy atom. The lowest BCUT2D eigenvalue weighted by Gasteiger charge is -2.25. The summed E-state index contributed by atoms with van der Waals surface area (Å²) in [6.07, 6.45) is 1.04. The summed E-state index contributed by atoms with van der Waals surface area (Å²) in [5.41, 5.74) is -0.397. The van der Waals surface area contributed by atoms with Gasteiger partial charge in [-0.05, 0) is 25.0 Å². The van der Waals surface area contributed by atoms with Crippen LogP contribution in [0.15, 0.2) is 30.3 Å². The Balaban J connectivity index is 2.48. The zero-order valence-electron chi connectivity index (χ0n) is 11.3. The summed E-state index contributed by atoms with van der Waals surface area (Å²) in [4.78, 5) is 23.2. The Labute approximate surface area is 113 Å². The van der Waals surface area contributed by atoms with Crippen molar-refractivity contribution in [1.29, 1.82) is 0 Å². The molecule has 104 valence electrons. The molecule has 0 aliphatic carbocycles. The maximum atomic E-state index is 11.6. The van der Waals surface area contributed by atoms with E-state index >= 15 is 0 Å². The number of rotatable bonds is 5. The molecule has 1 aromatic carbocycles. The van der Waals surface area contributed by atoms with Crippen LogP contribution in [0.3, 0.4) is 0 Å². The molecule has 19 heavy (non-hydrogen) atoms. The van der Waals surface area contributed by atoms with E-state index < -0.39 is 17.4 Å². The molecule has 1 aromatic rings. The van der Waals surface area contributed by atoms with Gasteiger partial charge in [-0.3, -0.25) is 9.59 Å². The minimum atomic E-state index is -0.956. The third-order valence-electron chi connectivity index (χ3n) is 3.13. The summed E-state index contributed by atoms with van der Waals surface area (Å²) in [5.74, 6) is -1.48. The molecule has 5 nitrogen and oxygen atoms in total. The first-order chi connectivity index (χ1) is 9.00. The van der Waals surface area contributed by atoms with Crippen molar-refractivity contribution in [3.63, 3.8) is 0 Å². The Morgan fingerprint density at radius 1 is 1.11 bits per heavy atom. The van der Waals surface area contributed by atoms with Gasteiger partial charge in [0.15, 0.2) is 0 Å². The average molecular weight is 264 g/mol. The van der Waals surface area contributed by atoms with Gasteiger partial charge in [-0.15, -0.1) is 0 Å². The van der Waals surface area contributed by atoms with Crippen LogP contribution in [-0.4, -0.2) is 29.1 Å². The number of anilines is 1. The van der Waals surface area contributed by atoms with Gasteiger partial charge >= 0.3 is 11.8 Å². The lowest BCUT2D eigenvalue weighted by Crippen LogP contribution is -2.45. The van der Waals surface area contributed by atoms with Crippen LogP contribution in [0.4, 0.5) is 5.69 Å². The van der Waals surface area contributed by atoms with E-state index in [-0.39, 0.29) is 6.54 Å². The van der Waals surface area contributed by atoms with Crippen LogP contribution in [0.25, 0.3) is 0 Å². The number of hydrogen-bond donors (Lipinski definition) is 3. The topological polar surface area (TPSA) is 78.4 Å². The second-order valence-electron chi connectivity index (χ2n) is 4.43. The molecule has 3 N–H and O–H groups in total. The lowest BCUT2D eigenvalue weighted by molar-refractivity contribution is -0.136. The van der Waals surface area contributed by atoms with Crippen molar-refractivity contribution in [3.8, 4) is 0 Å². The van der Waals surface area contributed by atoms with E-state index in [1.807, 2.05) is 19.9 Å². The number of nitrogens with one attached hydrogen (secondary N) is 2. The van der Waals surface area contributed by atoms with E-state index in [2.05, 4.69) is 10.6 Å². The van der Waals surface area contributed by atoms with Gasteiger partial charge in [-0.25, -0.2) is 0 Å². The monoisotopic (exact) mass is 264 g/mol. The normalized spacial score (nSPS) is 10.9. The fourth-order valence-corrected chi connectivity index (χ4v) is 1.53. The maximum absolute atomic E-state index is 11.6. The Hall–Kier alpha value is -1.88. The Morgan fingerprint density at radius 2 is 1.68 bits per heavy atom. The van der Waals surface area contributed by atoms with Crippen LogP contribution in [0.5, 0.6) is 0 Å². The summed E-state index contributed by atoms with van der Waals surface area (Å²) in [7, 11) is 0. The molecule has 2 amide bonds. The number of hydrogen-bond acceptors (Lipinski definition) is 3. The van der Waals surface area contributed by atoms with Crippen LogP contribution < -0.4 is 10.6 Å². The van der Waals surface area contributed by atoms with E-state index in [4.69, 9.17) is 0 Å². The third-order valence-corrected chi connectivity index (χ3v) is 3.13. The van der Waals surface area contributed by atoms with E-state index in [9.17, 15) is 14.7 Å². The van der Waals surface area contributed by atoms with Crippen molar-refractivity contribution in [2.45, 2.75) is 32.3 Å². The number of para-hydroxylation sites is 1. The van der Waals surface area contributed by atoms with E-state index in [0.717, 1.165) is 0 Å². The molecule has 0 aliphatic heterocycles. The van der Waals surface area contributed by atoms with Gasteiger partial charge in [0, 0.05) is 12.2 Å². The second kappa shape index (κ2) is 6.89. The molecule has 0 bridgehead atoms. The van der Waals surface area contributed by atoms with Crippen LogP contribution in [0.1, 0.15) is 26.7 Å². The molecular weight excluding hydrogens is 244 g/mol. The van der Waals surface area contributed by atoms with Gasteiger partial charge < -0.3 is 15.7 Å². The van der Waals surface area contributed by atoms with E-state index in [1.54, 1.807) is 24.3 Å². The van der Waals surface area contributed by atoms with E-state index in [0.29, 0.717) is 18.5 Å². The van der Waals surface area contributed by atoms with Gasteiger partial charge in [0.05, 0.1) is 5.60 Å². The number of carbonyl (C=O) groups excluding carboxylic acids is 2. The fourth-order valence-electron chi connectivity index (χ4n) is 1.53. The first kappa shape index (κ1) is 15.2. The minimum absolute atomic E-state index is 0.0705. The largest absolute Gasteiger partial charge is 0.388 e. The lowest BCUT2D eigenvalue weighted by atomic mass is 9.98. The van der Waals surface area contributed by atoms with Gasteiger partial charge in [-0.1, -0.05) is 32.0 Å². The van der Waals surface area contributed by atoms with Crippen LogP contribution in [0.2, 0.25) is 0 Å². The zero-order valence-corrected chi connectivity index (χ0v) is 11.3. The molecule has 0 saturated heterocycles. The van der Waals surface area contributed by atoms with Crippen LogP contribution in [0, 0.1) is 0 Å². The number of benzene rings is 1. The van der Waals surface area contributed by atoms with E-state index in [1.165, 1.54) is 0 Å². The van der Waals surface area contributed by atoms with Crippen molar-refractivity contribution in [1.82, 2.24) is 5.32 Å². The first-order valence-corrected chi connectivity index (χ1v) is 6.37. The molecule has 0 atom stereocenters. The molecule has 0 saturated carbocycles. The molecule has 5 heteroatoms. The van der Waals surface area contributed by atoms with Gasteiger partial charge in [-0.2, -0.15) is 0 Å². The highest BCUT2D eigenvalue weighted by Gasteiger charge is 2.24. The highest BCUT2D eigenvalue weighted by atomic mass is 16.3. The van der Waals surface area contributed by atoms with Crippen molar-refractivity contribution >= 4 is 17.5 Å². The highest BCUT2D eigenvalue weighted by Crippen LogP contribution is 2.12. The van der Waals surface area contributed by atoms with Crippen molar-refractivity contribution in [3.05, 3.63) is 30.3 Å². The summed E-state index contributed by atoms with van der Waals surface area (Å²) in [6.45, 7) is 3.74. The number of aliphatic hydroxyl groups is 1. The van der Waals surface area contributed by atoms with Gasteiger partial charge in [0.2, 0.25) is 0 Å². The Bertz CT molecular complexity index is 428. The Kier molecular flexibility index (Phi) is 5.51. The summed E-state index contributed by atoms with van der Waals surface area (Å²) >= 11 is 0. The number of carbonyl (C=O) groups is 2. The van der Waals surface area contributed by atoms with Gasteiger partial charge in [0.25, 0.3) is 0 Å². The standard InChI is InChI=1S/C14H20N2O3/c1-3-14(19,4-2)10-15-12(17)13(18)16-11-8-6-5-7-9-11/h5-9,19H,3-4,10H2,1-2H3,(H,15,17)(H,16,18). The molecule has 0 heterocycles.